The number of hydrogen-bond acceptors (Lipinski definition) is 5. The molecule has 5 nitrogen and oxygen atoms in total. The fraction of sp³-hybridized carbons (Fsp3) is 0.0909. The van der Waals surface area contributed by atoms with E-state index < -0.39 is 0 Å². The third-order valence-corrected chi connectivity index (χ3v) is 4.08. The van der Waals surface area contributed by atoms with Gasteiger partial charge in [-0.2, -0.15) is 0 Å². The highest BCUT2D eigenvalue weighted by Crippen LogP contribution is 2.32. The first-order valence-corrected chi connectivity index (χ1v) is 8.53. The first kappa shape index (κ1) is 16.8. The Kier molecular flexibility index (Phi) is 4.83. The summed E-state index contributed by atoms with van der Waals surface area (Å²) in [5, 5.41) is 0. The minimum absolute atomic E-state index is 0.0937. The summed E-state index contributed by atoms with van der Waals surface area (Å²) < 4.78 is 16.3. The third kappa shape index (κ3) is 4.15. The number of fused-ring (bicyclic) bond motifs is 1. The molecule has 0 N–H and O–H groups in total. The minimum atomic E-state index is -0.0937. The Hall–Kier alpha value is -3.60. The van der Waals surface area contributed by atoms with Crippen LogP contribution in [0.1, 0.15) is 21.6 Å². The number of pyridine rings is 1. The van der Waals surface area contributed by atoms with E-state index in [4.69, 9.17) is 14.2 Å². The number of allylic oxidation sites excluding steroid dienone is 1. The fourth-order valence-electron chi connectivity index (χ4n) is 2.63. The third-order valence-electron chi connectivity index (χ3n) is 4.08. The number of ketones is 1. The van der Waals surface area contributed by atoms with Crippen LogP contribution in [0.25, 0.3) is 6.08 Å². The van der Waals surface area contributed by atoms with Gasteiger partial charge >= 0.3 is 0 Å². The predicted molar refractivity (Wildman–Crippen MR) is 101 cm³/mol. The molecule has 1 aliphatic rings. The van der Waals surface area contributed by atoms with Crippen molar-refractivity contribution in [2.45, 2.75) is 6.61 Å². The number of rotatable bonds is 6. The van der Waals surface area contributed by atoms with Crippen molar-refractivity contribution in [1.82, 2.24) is 4.98 Å². The van der Waals surface area contributed by atoms with E-state index in [2.05, 4.69) is 4.98 Å². The first-order valence-electron chi connectivity index (χ1n) is 8.53. The van der Waals surface area contributed by atoms with Crippen molar-refractivity contribution in [2.75, 3.05) is 6.79 Å². The van der Waals surface area contributed by atoms with E-state index in [1.54, 1.807) is 36.5 Å². The summed E-state index contributed by atoms with van der Waals surface area (Å²) in [6.07, 6.45) is 5.06. The number of carbonyl (C=O) groups excluding carboxylic acids is 1. The Balaban J connectivity index is 1.37. The number of ether oxygens (including phenoxy) is 3. The minimum Gasteiger partial charge on any atom is -0.487 e. The van der Waals surface area contributed by atoms with E-state index in [-0.39, 0.29) is 12.6 Å². The maximum atomic E-state index is 12.3. The Morgan fingerprint density at radius 2 is 1.89 bits per heavy atom. The van der Waals surface area contributed by atoms with Crippen LogP contribution >= 0.6 is 0 Å². The average Bonchev–Trinajstić information content (AvgIpc) is 3.20. The van der Waals surface area contributed by atoms with Crippen LogP contribution in [0, 0.1) is 0 Å². The summed E-state index contributed by atoms with van der Waals surface area (Å²) in [6.45, 7) is 0.607. The zero-order chi connectivity index (χ0) is 18.5. The number of nitrogens with zero attached hydrogens (tertiary/aromatic N) is 1. The van der Waals surface area contributed by atoms with Gasteiger partial charge in [-0.3, -0.25) is 9.78 Å². The van der Waals surface area contributed by atoms with Gasteiger partial charge in [-0.05, 0) is 54.1 Å². The van der Waals surface area contributed by atoms with Crippen molar-refractivity contribution in [1.29, 1.82) is 0 Å². The molecule has 0 aliphatic carbocycles. The monoisotopic (exact) mass is 359 g/mol. The second-order valence-corrected chi connectivity index (χ2v) is 5.94. The molecule has 1 aliphatic heterocycles. The molecule has 1 aromatic heterocycles. The summed E-state index contributed by atoms with van der Waals surface area (Å²) >= 11 is 0. The number of hydrogen-bond donors (Lipinski definition) is 0. The van der Waals surface area contributed by atoms with Crippen molar-refractivity contribution in [3.8, 4) is 17.2 Å². The summed E-state index contributed by atoms with van der Waals surface area (Å²) in [6, 6.07) is 18.4. The molecule has 0 saturated heterocycles. The zero-order valence-corrected chi connectivity index (χ0v) is 14.5. The molecule has 3 aromatic rings. The highest BCUT2D eigenvalue weighted by atomic mass is 16.7. The van der Waals surface area contributed by atoms with E-state index in [1.165, 1.54) is 0 Å². The van der Waals surface area contributed by atoms with Crippen LogP contribution in [-0.2, 0) is 6.61 Å². The number of benzene rings is 2. The SMILES string of the molecule is O=C(/C=C/c1ccc(OCc2ccccn2)cc1)c1ccc2c(c1)OCO2. The molecule has 0 saturated carbocycles. The van der Waals surface area contributed by atoms with Crippen molar-refractivity contribution in [3.63, 3.8) is 0 Å². The average molecular weight is 359 g/mol. The summed E-state index contributed by atoms with van der Waals surface area (Å²) in [7, 11) is 0. The molecule has 0 radical (unpaired) electrons. The Morgan fingerprint density at radius 1 is 1.04 bits per heavy atom. The lowest BCUT2D eigenvalue weighted by Gasteiger charge is -2.05. The second-order valence-electron chi connectivity index (χ2n) is 5.94. The highest BCUT2D eigenvalue weighted by Gasteiger charge is 2.15. The number of carbonyl (C=O) groups is 1. The van der Waals surface area contributed by atoms with E-state index in [0.29, 0.717) is 23.7 Å². The van der Waals surface area contributed by atoms with Crippen molar-refractivity contribution < 1.29 is 19.0 Å². The standard InChI is InChI=1S/C22H17NO4/c24-20(17-7-11-21-22(13-17)27-15-26-21)10-6-16-4-8-19(9-5-16)25-14-18-3-1-2-12-23-18/h1-13H,14-15H2/b10-6+. The normalized spacial score (nSPS) is 12.3. The Morgan fingerprint density at radius 3 is 2.70 bits per heavy atom. The van der Waals surface area contributed by atoms with Gasteiger partial charge in [-0.15, -0.1) is 0 Å². The quantitative estimate of drug-likeness (QED) is 0.485. The van der Waals surface area contributed by atoms with Crippen LogP contribution < -0.4 is 14.2 Å². The Bertz CT molecular complexity index is 965. The first-order chi connectivity index (χ1) is 13.3. The highest BCUT2D eigenvalue weighted by molar-refractivity contribution is 6.07. The van der Waals surface area contributed by atoms with Crippen molar-refractivity contribution >= 4 is 11.9 Å². The lowest BCUT2D eigenvalue weighted by atomic mass is 10.1. The van der Waals surface area contributed by atoms with Crippen LogP contribution in [0.4, 0.5) is 0 Å². The lowest BCUT2D eigenvalue weighted by Crippen LogP contribution is -1.97. The van der Waals surface area contributed by atoms with E-state index >= 15 is 0 Å². The van der Waals surface area contributed by atoms with Gasteiger partial charge in [0.1, 0.15) is 12.4 Å². The van der Waals surface area contributed by atoms with Crippen molar-refractivity contribution in [3.05, 3.63) is 89.8 Å². The van der Waals surface area contributed by atoms with Crippen LogP contribution in [0.3, 0.4) is 0 Å². The molecule has 134 valence electrons. The van der Waals surface area contributed by atoms with E-state index in [9.17, 15) is 4.79 Å². The fourth-order valence-corrected chi connectivity index (χ4v) is 2.63. The largest absolute Gasteiger partial charge is 0.487 e. The van der Waals surface area contributed by atoms with E-state index in [1.807, 2.05) is 42.5 Å². The van der Waals surface area contributed by atoms with E-state index in [0.717, 1.165) is 17.0 Å². The predicted octanol–water partition coefficient (Wildman–Crippen LogP) is 4.29. The second kappa shape index (κ2) is 7.74. The molecular weight excluding hydrogens is 342 g/mol. The maximum absolute atomic E-state index is 12.3. The van der Waals surface area contributed by atoms with Crippen LogP contribution in [0.2, 0.25) is 0 Å². The van der Waals surface area contributed by atoms with Gasteiger partial charge < -0.3 is 14.2 Å². The molecule has 0 bridgehead atoms. The molecule has 2 aromatic carbocycles. The molecule has 0 amide bonds. The lowest BCUT2D eigenvalue weighted by molar-refractivity contribution is 0.104. The summed E-state index contributed by atoms with van der Waals surface area (Å²) in [5.41, 5.74) is 2.34. The molecule has 5 heteroatoms. The van der Waals surface area contributed by atoms with Crippen LogP contribution in [0.5, 0.6) is 17.2 Å². The molecule has 4 rings (SSSR count). The molecule has 0 unspecified atom stereocenters. The molecular formula is C22H17NO4. The van der Waals surface area contributed by atoms with Gasteiger partial charge in [0, 0.05) is 11.8 Å². The van der Waals surface area contributed by atoms with Gasteiger partial charge in [0.25, 0.3) is 0 Å². The van der Waals surface area contributed by atoms with Gasteiger partial charge in [0.2, 0.25) is 6.79 Å². The van der Waals surface area contributed by atoms with Gasteiger partial charge in [-0.25, -0.2) is 0 Å². The molecule has 0 spiro atoms. The maximum Gasteiger partial charge on any atom is 0.231 e. The molecule has 2 heterocycles. The van der Waals surface area contributed by atoms with Gasteiger partial charge in [-0.1, -0.05) is 24.3 Å². The summed E-state index contributed by atoms with van der Waals surface area (Å²) in [4.78, 5) is 16.5. The van der Waals surface area contributed by atoms with Gasteiger partial charge in [0.15, 0.2) is 17.3 Å². The van der Waals surface area contributed by atoms with Crippen LogP contribution in [0.15, 0.2) is 72.9 Å². The zero-order valence-electron chi connectivity index (χ0n) is 14.5. The van der Waals surface area contributed by atoms with Gasteiger partial charge in [0.05, 0.1) is 5.69 Å². The Labute approximate surface area is 156 Å². The molecule has 0 fully saturated rings. The molecule has 0 atom stereocenters. The van der Waals surface area contributed by atoms with Crippen molar-refractivity contribution in [2.24, 2.45) is 0 Å². The smallest absolute Gasteiger partial charge is 0.231 e. The molecule has 27 heavy (non-hydrogen) atoms. The topological polar surface area (TPSA) is 57.7 Å². The summed E-state index contributed by atoms with van der Waals surface area (Å²) in [5.74, 6) is 1.92. The number of aromatic nitrogens is 1. The van der Waals surface area contributed by atoms with Crippen LogP contribution in [-0.4, -0.2) is 17.6 Å².